The highest BCUT2D eigenvalue weighted by Gasteiger charge is 2.52. The zero-order valence-corrected chi connectivity index (χ0v) is 26.0. The summed E-state index contributed by atoms with van der Waals surface area (Å²) in [6.45, 7) is 10.1. The average molecular weight is 621 g/mol. The standard InChI is InChI=1S/C30H47F3N2O8/c1-7-21-13-10-16-34-27(38)22(8-2)12-9-11-17(3)14-15-23(21)43-28-26(42-20(6)37)24(35-29(39)30(31,32)33)25(18(4)40-28)41-19(5)36/h11,18,21-26,28H,7-10,12-16H2,1-6H3,(H,34,38)(H,35,39)/b17-11-/t18-,21+,22+,23+,24+,25+,26+,28?/m0/s1. The Kier molecular flexibility index (Phi) is 14.4. The van der Waals surface area contributed by atoms with Crippen molar-refractivity contribution in [3.63, 3.8) is 0 Å². The lowest BCUT2D eigenvalue weighted by Gasteiger charge is -2.45. The maximum atomic E-state index is 13.3. The number of carbonyl (C=O) groups is 4. The first-order valence-corrected chi connectivity index (χ1v) is 15.1. The second-order valence-electron chi connectivity index (χ2n) is 11.4. The number of carbonyl (C=O) groups excluding carboxylic acids is 4. The Balaban J connectivity index is 2.41. The highest BCUT2D eigenvalue weighted by Crippen LogP contribution is 2.33. The minimum atomic E-state index is -5.24. The second kappa shape index (κ2) is 17.0. The van der Waals surface area contributed by atoms with Gasteiger partial charge in [0.1, 0.15) is 6.04 Å². The van der Waals surface area contributed by atoms with Crippen molar-refractivity contribution in [2.24, 2.45) is 11.8 Å². The number of esters is 2. The van der Waals surface area contributed by atoms with E-state index in [9.17, 15) is 32.3 Å². The fourth-order valence-electron chi connectivity index (χ4n) is 5.69. The number of hydrogen-bond donors (Lipinski definition) is 2. The van der Waals surface area contributed by atoms with Gasteiger partial charge in [-0.1, -0.05) is 31.9 Å². The average Bonchev–Trinajstić information content (AvgIpc) is 2.91. The highest BCUT2D eigenvalue weighted by atomic mass is 19.4. The molecule has 2 heterocycles. The lowest BCUT2D eigenvalue weighted by atomic mass is 9.89. The molecule has 8 atom stereocenters. The monoisotopic (exact) mass is 620 g/mol. The summed E-state index contributed by atoms with van der Waals surface area (Å²) in [5.74, 6) is -3.98. The topological polar surface area (TPSA) is 129 Å². The molecule has 0 spiro atoms. The SMILES string of the molecule is CC[C@@H]1CC/C=C(/C)CC[C@@H](OC2O[C@@H](C)[C@@H](OC(C)=O)[C@@H](NC(=O)C(F)(F)F)[C@H]2OC(C)=O)[C@H](CC)CCCNC1=O. The largest absolute Gasteiger partial charge is 0.471 e. The molecule has 2 aliphatic heterocycles. The number of hydrogen-bond acceptors (Lipinski definition) is 8. The summed E-state index contributed by atoms with van der Waals surface area (Å²) < 4.78 is 63.0. The fourth-order valence-corrected chi connectivity index (χ4v) is 5.69. The lowest BCUT2D eigenvalue weighted by molar-refractivity contribution is -0.294. The summed E-state index contributed by atoms with van der Waals surface area (Å²) in [6.07, 6.45) is -3.38. The van der Waals surface area contributed by atoms with Crippen LogP contribution in [0.2, 0.25) is 0 Å². The van der Waals surface area contributed by atoms with Crippen LogP contribution in [0.25, 0.3) is 0 Å². The van der Waals surface area contributed by atoms with Gasteiger partial charge < -0.3 is 29.6 Å². The summed E-state index contributed by atoms with van der Waals surface area (Å²) >= 11 is 0. The number of amides is 2. The summed E-state index contributed by atoms with van der Waals surface area (Å²) in [5, 5.41) is 4.88. The number of alkyl halides is 3. The molecule has 246 valence electrons. The molecule has 0 bridgehead atoms. The van der Waals surface area contributed by atoms with Gasteiger partial charge in [0.25, 0.3) is 0 Å². The zero-order valence-electron chi connectivity index (χ0n) is 26.0. The Morgan fingerprint density at radius 1 is 1.05 bits per heavy atom. The third-order valence-corrected chi connectivity index (χ3v) is 8.05. The Labute approximate surface area is 251 Å². The van der Waals surface area contributed by atoms with Crippen LogP contribution in [0.3, 0.4) is 0 Å². The Morgan fingerprint density at radius 3 is 2.28 bits per heavy atom. The van der Waals surface area contributed by atoms with Crippen LogP contribution in [0, 0.1) is 11.8 Å². The number of allylic oxidation sites excluding steroid dienone is 2. The summed E-state index contributed by atoms with van der Waals surface area (Å²) in [6, 6.07) is -1.60. The first-order chi connectivity index (χ1) is 20.2. The minimum Gasteiger partial charge on any atom is -0.457 e. The summed E-state index contributed by atoms with van der Waals surface area (Å²) in [5.41, 5.74) is 1.11. The molecule has 0 aromatic carbocycles. The van der Waals surface area contributed by atoms with Crippen molar-refractivity contribution in [3.05, 3.63) is 11.6 Å². The maximum Gasteiger partial charge on any atom is 0.471 e. The van der Waals surface area contributed by atoms with Crippen molar-refractivity contribution in [3.8, 4) is 0 Å². The van der Waals surface area contributed by atoms with E-state index in [1.807, 2.05) is 26.1 Å². The summed E-state index contributed by atoms with van der Waals surface area (Å²) in [4.78, 5) is 48.6. The number of rotatable bonds is 7. The van der Waals surface area contributed by atoms with E-state index >= 15 is 0 Å². The van der Waals surface area contributed by atoms with Crippen molar-refractivity contribution in [1.29, 1.82) is 0 Å². The highest BCUT2D eigenvalue weighted by molar-refractivity contribution is 5.82. The van der Waals surface area contributed by atoms with Gasteiger partial charge in [0, 0.05) is 26.3 Å². The van der Waals surface area contributed by atoms with Gasteiger partial charge in [-0.05, 0) is 64.7 Å². The van der Waals surface area contributed by atoms with Gasteiger partial charge in [-0.2, -0.15) is 13.2 Å². The van der Waals surface area contributed by atoms with Gasteiger partial charge in [0.15, 0.2) is 18.5 Å². The minimum absolute atomic E-state index is 0.0269. The van der Waals surface area contributed by atoms with Crippen molar-refractivity contribution >= 4 is 23.8 Å². The lowest BCUT2D eigenvalue weighted by Crippen LogP contribution is -2.67. The Bertz CT molecular complexity index is 989. The number of halogens is 3. The summed E-state index contributed by atoms with van der Waals surface area (Å²) in [7, 11) is 0. The molecule has 0 saturated carbocycles. The van der Waals surface area contributed by atoms with Gasteiger partial charge in [0.05, 0.1) is 12.2 Å². The van der Waals surface area contributed by atoms with E-state index in [2.05, 4.69) is 11.4 Å². The fraction of sp³-hybridized carbons (Fsp3) is 0.800. The third-order valence-electron chi connectivity index (χ3n) is 8.05. The van der Waals surface area contributed by atoms with Crippen LogP contribution in [0.15, 0.2) is 11.6 Å². The van der Waals surface area contributed by atoms with Crippen LogP contribution in [0.4, 0.5) is 13.2 Å². The third kappa shape index (κ3) is 11.4. The van der Waals surface area contributed by atoms with Crippen LogP contribution in [0.1, 0.15) is 92.9 Å². The molecule has 1 fully saturated rings. The molecule has 2 amide bonds. The number of ether oxygens (including phenoxy) is 4. The predicted octanol–water partition coefficient (Wildman–Crippen LogP) is 4.50. The molecule has 2 N–H and O–H groups in total. The van der Waals surface area contributed by atoms with Crippen molar-refractivity contribution in [2.75, 3.05) is 6.54 Å². The van der Waals surface area contributed by atoms with Gasteiger partial charge >= 0.3 is 24.0 Å². The smallest absolute Gasteiger partial charge is 0.457 e. The van der Waals surface area contributed by atoms with E-state index in [0.717, 1.165) is 38.7 Å². The Morgan fingerprint density at radius 2 is 1.70 bits per heavy atom. The van der Waals surface area contributed by atoms with Crippen LogP contribution >= 0.6 is 0 Å². The van der Waals surface area contributed by atoms with Crippen molar-refractivity contribution in [2.45, 2.75) is 136 Å². The van der Waals surface area contributed by atoms with E-state index in [0.29, 0.717) is 38.6 Å². The molecule has 1 unspecified atom stereocenters. The molecule has 0 aromatic rings. The predicted molar refractivity (Wildman–Crippen MR) is 150 cm³/mol. The van der Waals surface area contributed by atoms with Crippen molar-refractivity contribution < 1.29 is 51.3 Å². The molecule has 2 rings (SSSR count). The molecule has 1 saturated heterocycles. The molecule has 0 aromatic heterocycles. The van der Waals surface area contributed by atoms with Gasteiger partial charge in [-0.25, -0.2) is 0 Å². The van der Waals surface area contributed by atoms with E-state index < -0.39 is 60.8 Å². The molecular weight excluding hydrogens is 573 g/mol. The number of nitrogens with one attached hydrogen (secondary N) is 2. The van der Waals surface area contributed by atoms with E-state index in [1.165, 1.54) is 6.92 Å². The van der Waals surface area contributed by atoms with Crippen LogP contribution in [-0.2, 0) is 38.1 Å². The maximum absolute atomic E-state index is 13.3. The normalized spacial score (nSPS) is 32.8. The Hall–Kier alpha value is -2.67. The molecule has 0 radical (unpaired) electrons. The van der Waals surface area contributed by atoms with E-state index in [4.69, 9.17) is 18.9 Å². The first kappa shape index (κ1) is 36.5. The van der Waals surface area contributed by atoms with Crippen molar-refractivity contribution in [1.82, 2.24) is 10.6 Å². The van der Waals surface area contributed by atoms with Gasteiger partial charge in [-0.15, -0.1) is 0 Å². The molecule has 43 heavy (non-hydrogen) atoms. The van der Waals surface area contributed by atoms with Gasteiger partial charge in [-0.3, -0.25) is 19.2 Å². The van der Waals surface area contributed by atoms with Gasteiger partial charge in [0.2, 0.25) is 5.91 Å². The first-order valence-electron chi connectivity index (χ1n) is 15.1. The zero-order chi connectivity index (χ0) is 32.3. The molecule has 2 aliphatic rings. The van der Waals surface area contributed by atoms with E-state index in [1.54, 1.807) is 0 Å². The quantitative estimate of drug-likeness (QED) is 0.315. The molecule has 10 nitrogen and oxygen atoms in total. The molecular formula is C30H47F3N2O8. The van der Waals surface area contributed by atoms with Crippen LogP contribution in [0.5, 0.6) is 0 Å². The van der Waals surface area contributed by atoms with E-state index in [-0.39, 0.29) is 17.7 Å². The van der Waals surface area contributed by atoms with Crippen LogP contribution < -0.4 is 10.6 Å². The second-order valence-corrected chi connectivity index (χ2v) is 11.4. The molecule has 13 heteroatoms. The van der Waals surface area contributed by atoms with Crippen LogP contribution in [-0.4, -0.2) is 73.2 Å². The molecule has 0 aliphatic carbocycles.